The summed E-state index contributed by atoms with van der Waals surface area (Å²) in [5.74, 6) is 1.33. The van der Waals surface area contributed by atoms with Crippen molar-refractivity contribution in [3.8, 4) is 11.5 Å². The number of carbonyl (C=O) groups is 1. The van der Waals surface area contributed by atoms with Gasteiger partial charge in [0.2, 0.25) is 0 Å². The van der Waals surface area contributed by atoms with Crippen molar-refractivity contribution >= 4 is 5.91 Å². The van der Waals surface area contributed by atoms with E-state index in [9.17, 15) is 4.79 Å². The molecule has 1 aromatic heterocycles. The lowest BCUT2D eigenvalue weighted by Crippen LogP contribution is -2.42. The van der Waals surface area contributed by atoms with Crippen molar-refractivity contribution in [3.63, 3.8) is 0 Å². The molecule has 2 aliphatic heterocycles. The summed E-state index contributed by atoms with van der Waals surface area (Å²) in [6.07, 6.45) is 6.22. The molecule has 26 heavy (non-hydrogen) atoms. The minimum Gasteiger partial charge on any atom is -0.490 e. The Balaban J connectivity index is 1.65. The molecule has 1 aromatic carbocycles. The quantitative estimate of drug-likeness (QED) is 0.826. The van der Waals surface area contributed by atoms with Crippen LogP contribution in [0.4, 0.5) is 0 Å². The van der Waals surface area contributed by atoms with Gasteiger partial charge in [-0.15, -0.1) is 0 Å². The van der Waals surface area contributed by atoms with Crippen LogP contribution in [0.5, 0.6) is 11.5 Å². The summed E-state index contributed by atoms with van der Waals surface area (Å²) >= 11 is 0. The van der Waals surface area contributed by atoms with Gasteiger partial charge in [-0.3, -0.25) is 4.79 Å². The monoisotopic (exact) mass is 353 g/mol. The molecule has 1 amide bonds. The topological polar surface area (TPSA) is 64.5 Å². The Hall–Kier alpha value is -2.63. The molecule has 1 fully saturated rings. The lowest BCUT2D eigenvalue weighted by Gasteiger charge is -2.35. The SMILES string of the molecule is CCOc1ccc(C(=O)N2C3CCC2c2cncnc2C3)cc1OCC. The molecular formula is C20H23N3O3. The first kappa shape index (κ1) is 16.8. The molecule has 3 heterocycles. The third kappa shape index (κ3) is 2.79. The summed E-state index contributed by atoms with van der Waals surface area (Å²) in [4.78, 5) is 23.9. The van der Waals surface area contributed by atoms with Crippen LogP contribution in [-0.2, 0) is 6.42 Å². The van der Waals surface area contributed by atoms with Gasteiger partial charge in [0, 0.05) is 29.8 Å². The molecule has 6 heteroatoms. The van der Waals surface area contributed by atoms with Gasteiger partial charge in [-0.05, 0) is 44.9 Å². The molecule has 136 valence electrons. The van der Waals surface area contributed by atoms with Gasteiger partial charge in [0.25, 0.3) is 5.91 Å². The minimum absolute atomic E-state index is 0.0380. The highest BCUT2D eigenvalue weighted by molar-refractivity contribution is 5.95. The van der Waals surface area contributed by atoms with E-state index in [1.54, 1.807) is 12.4 Å². The molecule has 0 radical (unpaired) electrons. The third-order valence-electron chi connectivity index (χ3n) is 5.14. The van der Waals surface area contributed by atoms with E-state index in [0.717, 1.165) is 30.5 Å². The fourth-order valence-corrected chi connectivity index (χ4v) is 4.07. The molecule has 2 atom stereocenters. The van der Waals surface area contributed by atoms with Gasteiger partial charge in [-0.1, -0.05) is 0 Å². The van der Waals surface area contributed by atoms with Crippen molar-refractivity contribution in [1.82, 2.24) is 14.9 Å². The molecule has 0 N–H and O–H groups in total. The first-order valence-electron chi connectivity index (χ1n) is 9.24. The van der Waals surface area contributed by atoms with Crippen LogP contribution in [0.15, 0.2) is 30.7 Å². The van der Waals surface area contributed by atoms with Gasteiger partial charge in [0.1, 0.15) is 6.33 Å². The van der Waals surface area contributed by atoms with Crippen LogP contribution in [0.1, 0.15) is 54.3 Å². The van der Waals surface area contributed by atoms with Gasteiger partial charge in [-0.25, -0.2) is 9.97 Å². The van der Waals surface area contributed by atoms with Gasteiger partial charge in [0.05, 0.1) is 24.9 Å². The van der Waals surface area contributed by atoms with Crippen molar-refractivity contribution in [2.75, 3.05) is 13.2 Å². The van der Waals surface area contributed by atoms with Crippen LogP contribution in [0, 0.1) is 0 Å². The molecule has 2 unspecified atom stereocenters. The van der Waals surface area contributed by atoms with E-state index in [4.69, 9.17) is 9.47 Å². The van der Waals surface area contributed by atoms with Crippen LogP contribution in [0.25, 0.3) is 0 Å². The standard InChI is InChI=1S/C20H23N3O3/c1-3-25-18-8-5-13(9-19(18)26-4-2)20(24)23-14-6-7-17(23)15-11-21-12-22-16(15)10-14/h5,8-9,11-12,14,17H,3-4,6-7,10H2,1-2H3. The summed E-state index contributed by atoms with van der Waals surface area (Å²) in [5, 5.41) is 0. The average molecular weight is 353 g/mol. The van der Waals surface area contributed by atoms with Crippen molar-refractivity contribution in [2.24, 2.45) is 0 Å². The highest BCUT2D eigenvalue weighted by Gasteiger charge is 2.43. The molecule has 2 aromatic rings. The van der Waals surface area contributed by atoms with E-state index >= 15 is 0 Å². The number of aromatic nitrogens is 2. The summed E-state index contributed by atoms with van der Waals surface area (Å²) in [5.41, 5.74) is 2.80. The number of fused-ring (bicyclic) bond motifs is 4. The van der Waals surface area contributed by atoms with E-state index in [1.165, 1.54) is 0 Å². The number of hydrogen-bond donors (Lipinski definition) is 0. The zero-order valence-electron chi connectivity index (χ0n) is 15.1. The molecule has 1 saturated heterocycles. The Morgan fingerprint density at radius 1 is 1.19 bits per heavy atom. The second-order valence-electron chi connectivity index (χ2n) is 6.62. The average Bonchev–Trinajstić information content (AvgIpc) is 2.97. The van der Waals surface area contributed by atoms with Crippen LogP contribution in [0.3, 0.4) is 0 Å². The molecule has 0 saturated carbocycles. The van der Waals surface area contributed by atoms with E-state index < -0.39 is 0 Å². The second-order valence-corrected chi connectivity index (χ2v) is 6.62. The molecule has 0 aliphatic carbocycles. The molecular weight excluding hydrogens is 330 g/mol. The Labute approximate surface area is 153 Å². The third-order valence-corrected chi connectivity index (χ3v) is 5.14. The lowest BCUT2D eigenvalue weighted by atomic mass is 9.98. The van der Waals surface area contributed by atoms with Crippen LogP contribution in [-0.4, -0.2) is 40.0 Å². The summed E-state index contributed by atoms with van der Waals surface area (Å²) in [6, 6.07) is 5.72. The highest BCUT2D eigenvalue weighted by atomic mass is 16.5. The molecule has 2 bridgehead atoms. The number of hydrogen-bond acceptors (Lipinski definition) is 5. The summed E-state index contributed by atoms with van der Waals surface area (Å²) in [7, 11) is 0. The molecule has 6 nitrogen and oxygen atoms in total. The summed E-state index contributed by atoms with van der Waals surface area (Å²) in [6.45, 7) is 4.93. The van der Waals surface area contributed by atoms with Crippen molar-refractivity contribution in [3.05, 3.63) is 47.5 Å². The number of ether oxygens (including phenoxy) is 2. The maximum absolute atomic E-state index is 13.3. The second kappa shape index (κ2) is 6.94. The Bertz CT molecular complexity index is 824. The molecule has 2 aliphatic rings. The van der Waals surface area contributed by atoms with Gasteiger partial charge in [-0.2, -0.15) is 0 Å². The van der Waals surface area contributed by atoms with E-state index in [1.807, 2.05) is 37.1 Å². The molecule has 4 rings (SSSR count). The largest absolute Gasteiger partial charge is 0.490 e. The lowest BCUT2D eigenvalue weighted by molar-refractivity contribution is 0.0643. The van der Waals surface area contributed by atoms with Gasteiger partial charge in [0.15, 0.2) is 11.5 Å². The van der Waals surface area contributed by atoms with Gasteiger partial charge >= 0.3 is 0 Å². The van der Waals surface area contributed by atoms with Crippen LogP contribution in [0.2, 0.25) is 0 Å². The fraction of sp³-hybridized carbons (Fsp3) is 0.450. The zero-order valence-corrected chi connectivity index (χ0v) is 15.1. The fourth-order valence-electron chi connectivity index (χ4n) is 4.07. The van der Waals surface area contributed by atoms with Crippen molar-refractivity contribution < 1.29 is 14.3 Å². The first-order valence-corrected chi connectivity index (χ1v) is 9.24. The van der Waals surface area contributed by atoms with E-state index in [-0.39, 0.29) is 18.0 Å². The highest BCUT2D eigenvalue weighted by Crippen LogP contribution is 2.43. The van der Waals surface area contributed by atoms with E-state index in [0.29, 0.717) is 30.3 Å². The Morgan fingerprint density at radius 3 is 2.81 bits per heavy atom. The number of nitrogens with zero attached hydrogens (tertiary/aromatic N) is 3. The maximum Gasteiger partial charge on any atom is 0.254 e. The summed E-state index contributed by atoms with van der Waals surface area (Å²) < 4.78 is 11.3. The number of benzene rings is 1. The molecule has 0 spiro atoms. The Kier molecular flexibility index (Phi) is 4.49. The first-order chi connectivity index (χ1) is 12.7. The van der Waals surface area contributed by atoms with Crippen molar-refractivity contribution in [1.29, 1.82) is 0 Å². The minimum atomic E-state index is 0.0380. The predicted molar refractivity (Wildman–Crippen MR) is 96.4 cm³/mol. The normalized spacial score (nSPS) is 20.6. The van der Waals surface area contributed by atoms with Gasteiger partial charge < -0.3 is 14.4 Å². The Morgan fingerprint density at radius 2 is 2.00 bits per heavy atom. The van der Waals surface area contributed by atoms with Crippen molar-refractivity contribution in [2.45, 2.75) is 45.2 Å². The van der Waals surface area contributed by atoms with E-state index in [2.05, 4.69) is 9.97 Å². The number of rotatable bonds is 5. The predicted octanol–water partition coefficient (Wildman–Crippen LogP) is 3.18. The van der Waals surface area contributed by atoms with Crippen LogP contribution < -0.4 is 9.47 Å². The smallest absolute Gasteiger partial charge is 0.254 e. The number of amides is 1. The van der Waals surface area contributed by atoms with Crippen LogP contribution >= 0.6 is 0 Å². The zero-order chi connectivity index (χ0) is 18.1. The number of carbonyl (C=O) groups excluding carboxylic acids is 1. The maximum atomic E-state index is 13.3.